The summed E-state index contributed by atoms with van der Waals surface area (Å²) in [7, 11) is 4.60. The molecule has 0 spiro atoms. The first-order valence-electron chi connectivity index (χ1n) is 9.27. The van der Waals surface area contributed by atoms with Crippen LogP contribution in [0.25, 0.3) is 0 Å². The van der Waals surface area contributed by atoms with E-state index in [1.54, 1.807) is 12.1 Å². The van der Waals surface area contributed by atoms with E-state index in [1.165, 1.54) is 58.8 Å². The number of ether oxygens (including phenoxy) is 3. The van der Waals surface area contributed by atoms with Gasteiger partial charge in [-0.3, -0.25) is 9.89 Å². The summed E-state index contributed by atoms with van der Waals surface area (Å²) in [6.45, 7) is 0. The minimum atomic E-state index is -0.165. The molecule has 1 aliphatic carbocycles. The summed E-state index contributed by atoms with van der Waals surface area (Å²) in [6.07, 6.45) is 6.08. The molecule has 1 aromatic carbocycles. The number of nitrogens with zero attached hydrogens (tertiary/aromatic N) is 2. The Kier molecular flexibility index (Phi) is 7.02. The van der Waals surface area contributed by atoms with Crippen molar-refractivity contribution in [2.45, 2.75) is 37.3 Å². The Hall–Kier alpha value is -2.42. The van der Waals surface area contributed by atoms with Crippen LogP contribution in [0, 0.1) is 5.92 Å². The van der Waals surface area contributed by atoms with Gasteiger partial charge in [-0.25, -0.2) is 4.98 Å². The van der Waals surface area contributed by atoms with Crippen molar-refractivity contribution in [2.24, 2.45) is 5.92 Å². The van der Waals surface area contributed by atoms with Crippen LogP contribution in [0.4, 0.5) is 5.69 Å². The molecule has 0 bridgehead atoms. The highest BCUT2D eigenvalue weighted by molar-refractivity contribution is 7.99. The third kappa shape index (κ3) is 5.09. The van der Waals surface area contributed by atoms with Gasteiger partial charge >= 0.3 is 0 Å². The number of rotatable bonds is 9. The lowest BCUT2D eigenvalue weighted by molar-refractivity contribution is -0.113. The van der Waals surface area contributed by atoms with Crippen LogP contribution in [0.1, 0.15) is 31.5 Å². The van der Waals surface area contributed by atoms with Gasteiger partial charge in [-0.15, -0.1) is 5.10 Å². The maximum atomic E-state index is 12.3. The number of aromatic nitrogens is 3. The van der Waals surface area contributed by atoms with Gasteiger partial charge in [0.15, 0.2) is 11.5 Å². The van der Waals surface area contributed by atoms with Crippen LogP contribution in [0.2, 0.25) is 0 Å². The van der Waals surface area contributed by atoms with Gasteiger partial charge in [-0.2, -0.15) is 0 Å². The van der Waals surface area contributed by atoms with E-state index in [0.717, 1.165) is 12.2 Å². The van der Waals surface area contributed by atoms with Crippen molar-refractivity contribution in [1.82, 2.24) is 15.2 Å². The van der Waals surface area contributed by atoms with Crippen molar-refractivity contribution in [3.05, 3.63) is 18.0 Å². The molecule has 2 aromatic rings. The second kappa shape index (κ2) is 9.68. The molecular formula is C19H26N4O4S. The molecule has 0 atom stereocenters. The molecule has 28 heavy (non-hydrogen) atoms. The summed E-state index contributed by atoms with van der Waals surface area (Å²) in [5.74, 6) is 3.09. The van der Waals surface area contributed by atoms with Crippen molar-refractivity contribution in [3.63, 3.8) is 0 Å². The van der Waals surface area contributed by atoms with E-state index in [2.05, 4.69) is 20.5 Å². The number of carbonyl (C=O) groups excluding carboxylic acids is 1. The van der Waals surface area contributed by atoms with E-state index >= 15 is 0 Å². The first kappa shape index (κ1) is 20.3. The predicted octanol–water partition coefficient (Wildman–Crippen LogP) is 3.29. The summed E-state index contributed by atoms with van der Waals surface area (Å²) in [6, 6.07) is 3.38. The van der Waals surface area contributed by atoms with Gasteiger partial charge in [-0.05, 0) is 5.92 Å². The Morgan fingerprint density at radius 3 is 2.46 bits per heavy atom. The molecule has 2 N–H and O–H groups in total. The molecule has 152 valence electrons. The first-order valence-corrected chi connectivity index (χ1v) is 10.3. The van der Waals surface area contributed by atoms with Crippen molar-refractivity contribution < 1.29 is 19.0 Å². The number of amides is 1. The number of hydrogen-bond donors (Lipinski definition) is 2. The van der Waals surface area contributed by atoms with Crippen LogP contribution < -0.4 is 19.5 Å². The largest absolute Gasteiger partial charge is 0.493 e. The average Bonchev–Trinajstić information content (AvgIpc) is 3.38. The smallest absolute Gasteiger partial charge is 0.234 e. The number of H-pyrrole nitrogens is 1. The highest BCUT2D eigenvalue weighted by Crippen LogP contribution is 2.40. The van der Waals surface area contributed by atoms with Crippen LogP contribution in [0.5, 0.6) is 17.2 Å². The number of aromatic amines is 1. The third-order valence-corrected chi connectivity index (χ3v) is 5.60. The molecule has 8 nitrogen and oxygen atoms in total. The molecule has 1 fully saturated rings. The first-order chi connectivity index (χ1) is 13.6. The standard InChI is InChI=1S/C19H26N4O4S/c1-25-14-9-13(10-15(26-2)18(14)27-3)20-17(24)11-28-19-21-16(22-23-19)8-12-6-4-5-7-12/h9-10,12H,4-8,11H2,1-3H3,(H,20,24)(H,21,22,23). The lowest BCUT2D eigenvalue weighted by Crippen LogP contribution is -2.14. The normalized spacial score (nSPS) is 14.1. The summed E-state index contributed by atoms with van der Waals surface area (Å²) in [4.78, 5) is 16.8. The van der Waals surface area contributed by atoms with Crippen LogP contribution in [0.15, 0.2) is 17.3 Å². The van der Waals surface area contributed by atoms with Crippen molar-refractivity contribution >= 4 is 23.4 Å². The minimum absolute atomic E-state index is 0.165. The zero-order valence-electron chi connectivity index (χ0n) is 16.4. The van der Waals surface area contributed by atoms with E-state index in [-0.39, 0.29) is 11.7 Å². The lowest BCUT2D eigenvalue weighted by Gasteiger charge is -2.14. The van der Waals surface area contributed by atoms with Gasteiger partial charge < -0.3 is 19.5 Å². The van der Waals surface area contributed by atoms with Gasteiger partial charge in [0.2, 0.25) is 16.8 Å². The van der Waals surface area contributed by atoms with E-state index in [9.17, 15) is 4.79 Å². The molecule has 1 amide bonds. The summed E-state index contributed by atoms with van der Waals surface area (Å²) >= 11 is 1.30. The number of hydrogen-bond acceptors (Lipinski definition) is 7. The second-order valence-corrected chi connectivity index (χ2v) is 7.61. The Balaban J connectivity index is 1.55. The molecule has 0 unspecified atom stereocenters. The summed E-state index contributed by atoms with van der Waals surface area (Å²) in [5, 5.41) is 10.6. The fraction of sp³-hybridized carbons (Fsp3) is 0.526. The SMILES string of the molecule is COc1cc(NC(=O)CSc2n[nH]c(CC3CCCC3)n2)cc(OC)c1OC. The Labute approximate surface area is 168 Å². The Morgan fingerprint density at radius 2 is 1.86 bits per heavy atom. The van der Waals surface area contributed by atoms with Crippen LogP contribution >= 0.6 is 11.8 Å². The number of thioether (sulfide) groups is 1. The molecule has 0 aliphatic heterocycles. The third-order valence-electron chi connectivity index (χ3n) is 4.75. The number of carbonyl (C=O) groups is 1. The molecular weight excluding hydrogens is 380 g/mol. The fourth-order valence-corrected chi connectivity index (χ4v) is 4.02. The highest BCUT2D eigenvalue weighted by atomic mass is 32.2. The van der Waals surface area contributed by atoms with Crippen molar-refractivity contribution in [1.29, 1.82) is 0 Å². The van der Waals surface area contributed by atoms with E-state index in [4.69, 9.17) is 14.2 Å². The molecule has 9 heteroatoms. The van der Waals surface area contributed by atoms with E-state index < -0.39 is 0 Å². The van der Waals surface area contributed by atoms with Crippen LogP contribution in [-0.2, 0) is 11.2 Å². The van der Waals surface area contributed by atoms with Crippen LogP contribution in [-0.4, -0.2) is 48.2 Å². The second-order valence-electron chi connectivity index (χ2n) is 6.67. The van der Waals surface area contributed by atoms with Crippen molar-refractivity contribution in [3.8, 4) is 17.2 Å². The molecule has 1 aromatic heterocycles. The molecule has 3 rings (SSSR count). The highest BCUT2D eigenvalue weighted by Gasteiger charge is 2.18. The average molecular weight is 407 g/mol. The molecule has 1 heterocycles. The minimum Gasteiger partial charge on any atom is -0.493 e. The quantitative estimate of drug-likeness (QED) is 0.617. The maximum Gasteiger partial charge on any atom is 0.234 e. The zero-order valence-corrected chi connectivity index (χ0v) is 17.2. The molecule has 0 radical (unpaired) electrons. The van der Waals surface area contributed by atoms with Gasteiger partial charge in [-0.1, -0.05) is 37.4 Å². The zero-order chi connectivity index (χ0) is 19.9. The maximum absolute atomic E-state index is 12.3. The van der Waals surface area contributed by atoms with Gasteiger partial charge in [0.1, 0.15) is 5.82 Å². The van der Waals surface area contributed by atoms with Gasteiger partial charge in [0, 0.05) is 24.2 Å². The van der Waals surface area contributed by atoms with E-state index in [0.29, 0.717) is 34.0 Å². The Morgan fingerprint density at radius 1 is 1.18 bits per heavy atom. The number of anilines is 1. The summed E-state index contributed by atoms with van der Waals surface area (Å²) in [5.41, 5.74) is 0.567. The van der Waals surface area contributed by atoms with Crippen molar-refractivity contribution in [2.75, 3.05) is 32.4 Å². The lowest BCUT2D eigenvalue weighted by atomic mass is 10.0. The van der Waals surface area contributed by atoms with Gasteiger partial charge in [0.25, 0.3) is 0 Å². The molecule has 1 aliphatic rings. The fourth-order valence-electron chi connectivity index (χ4n) is 3.40. The van der Waals surface area contributed by atoms with Crippen LogP contribution in [0.3, 0.4) is 0 Å². The number of nitrogens with one attached hydrogen (secondary N) is 2. The Bertz CT molecular complexity index is 780. The monoisotopic (exact) mass is 406 g/mol. The summed E-state index contributed by atoms with van der Waals surface area (Å²) < 4.78 is 15.9. The van der Waals surface area contributed by atoms with E-state index in [1.807, 2.05) is 0 Å². The van der Waals surface area contributed by atoms with Gasteiger partial charge in [0.05, 0.1) is 27.1 Å². The number of methoxy groups -OCH3 is 3. The predicted molar refractivity (Wildman–Crippen MR) is 107 cm³/mol. The molecule has 0 saturated heterocycles. The number of benzene rings is 1. The topological polar surface area (TPSA) is 98.4 Å². The molecule has 1 saturated carbocycles.